The highest BCUT2D eigenvalue weighted by Crippen LogP contribution is 2.64. The first-order valence-corrected chi connectivity index (χ1v) is 19.7. The maximum Gasteiger partial charge on any atom is 0.343 e. The van der Waals surface area contributed by atoms with Crippen molar-refractivity contribution in [2.24, 2.45) is 52.3 Å². The van der Waals surface area contributed by atoms with Crippen LogP contribution in [0.2, 0.25) is 0 Å². The minimum atomic E-state index is -0.290. The second kappa shape index (κ2) is 12.0. The van der Waals surface area contributed by atoms with Crippen LogP contribution in [0.4, 0.5) is 0 Å². The number of aryl methyl sites for hydroxylation is 1. The van der Waals surface area contributed by atoms with E-state index in [1.54, 1.807) is 17.7 Å². The smallest absolute Gasteiger partial charge is 0.343 e. The Morgan fingerprint density at radius 3 is 2.39 bits per heavy atom. The molecule has 0 heterocycles. The molecule has 9 rings (SSSR count). The highest BCUT2D eigenvalue weighted by Gasteiger charge is 2.58. The minimum absolute atomic E-state index is 0.227. The summed E-state index contributed by atoms with van der Waals surface area (Å²) in [5, 5.41) is 0. The third-order valence-electron chi connectivity index (χ3n) is 15.7. The summed E-state index contributed by atoms with van der Waals surface area (Å²) >= 11 is 0. The average Bonchev–Trinajstić information content (AvgIpc) is 3.64. The van der Waals surface area contributed by atoms with E-state index in [1.165, 1.54) is 81.1 Å². The van der Waals surface area contributed by atoms with Gasteiger partial charge in [0.05, 0.1) is 11.3 Å². The zero-order chi connectivity index (χ0) is 33.5. The van der Waals surface area contributed by atoms with Crippen LogP contribution >= 0.6 is 0 Å². The van der Waals surface area contributed by atoms with E-state index in [1.807, 2.05) is 31.2 Å². The van der Waals surface area contributed by atoms with Crippen LogP contribution in [-0.4, -0.2) is 17.9 Å². The van der Waals surface area contributed by atoms with Crippen molar-refractivity contribution in [2.45, 2.75) is 116 Å². The highest BCUT2D eigenvalue weighted by molar-refractivity contribution is 5.91. The second-order valence-corrected chi connectivity index (χ2v) is 17.7. The lowest BCUT2D eigenvalue weighted by Gasteiger charge is -2.53. The Labute approximate surface area is 293 Å². The van der Waals surface area contributed by atoms with Gasteiger partial charge in [-0.3, -0.25) is 4.79 Å². The molecule has 0 aromatic heterocycles. The van der Waals surface area contributed by atoms with Crippen molar-refractivity contribution in [1.82, 2.24) is 0 Å². The molecule has 49 heavy (non-hydrogen) atoms. The Kier molecular flexibility index (Phi) is 7.78. The van der Waals surface area contributed by atoms with Gasteiger partial charge >= 0.3 is 5.97 Å². The zero-order valence-electron chi connectivity index (χ0n) is 29.8. The van der Waals surface area contributed by atoms with E-state index in [4.69, 9.17) is 9.47 Å². The number of fused-ring (bicyclic) bond motifs is 10. The summed E-state index contributed by atoms with van der Waals surface area (Å²) in [5.41, 5.74) is 5.47. The van der Waals surface area contributed by atoms with E-state index >= 15 is 0 Å². The van der Waals surface area contributed by atoms with Gasteiger partial charge < -0.3 is 9.47 Å². The van der Waals surface area contributed by atoms with Crippen molar-refractivity contribution in [2.75, 3.05) is 0 Å². The number of rotatable bonds is 5. The lowest BCUT2D eigenvalue weighted by atomic mass is 9.52. The van der Waals surface area contributed by atoms with Gasteiger partial charge in [0.1, 0.15) is 17.6 Å². The zero-order valence-corrected chi connectivity index (χ0v) is 29.8. The minimum Gasteiger partial charge on any atom is -0.494 e. The Hall–Kier alpha value is -3.14. The molecule has 7 aliphatic carbocycles. The predicted molar refractivity (Wildman–Crippen MR) is 192 cm³/mol. The van der Waals surface area contributed by atoms with Crippen LogP contribution in [0.1, 0.15) is 125 Å². The number of benzene rings is 2. The van der Waals surface area contributed by atoms with E-state index in [9.17, 15) is 9.59 Å². The van der Waals surface area contributed by atoms with Gasteiger partial charge in [-0.05, 0) is 178 Å². The van der Waals surface area contributed by atoms with Gasteiger partial charge in [0.25, 0.3) is 0 Å². The molecule has 7 aliphatic rings. The topological polar surface area (TPSA) is 52.6 Å². The maximum atomic E-state index is 12.7. The van der Waals surface area contributed by atoms with Crippen LogP contribution in [0.25, 0.3) is 0 Å². The first-order chi connectivity index (χ1) is 23.7. The summed E-state index contributed by atoms with van der Waals surface area (Å²) in [6.07, 6.45) is 20.9. The molecule has 4 nitrogen and oxygen atoms in total. The van der Waals surface area contributed by atoms with Crippen molar-refractivity contribution in [1.29, 1.82) is 0 Å². The Morgan fingerprint density at radius 1 is 0.755 bits per heavy atom. The molecule has 0 saturated heterocycles. The van der Waals surface area contributed by atoms with Crippen LogP contribution in [-0.2, 0) is 16.0 Å². The van der Waals surface area contributed by atoms with E-state index in [-0.39, 0.29) is 22.7 Å². The summed E-state index contributed by atoms with van der Waals surface area (Å²) in [6.45, 7) is 6.85. The number of ketones is 1. The van der Waals surface area contributed by atoms with Gasteiger partial charge in [-0.2, -0.15) is 0 Å². The van der Waals surface area contributed by atoms with Crippen LogP contribution < -0.4 is 4.74 Å². The first-order valence-electron chi connectivity index (χ1n) is 19.7. The van der Waals surface area contributed by atoms with Crippen molar-refractivity contribution in [3.63, 3.8) is 0 Å². The van der Waals surface area contributed by atoms with Gasteiger partial charge in [-0.1, -0.05) is 44.2 Å². The quantitative estimate of drug-likeness (QED) is 0.237. The molecule has 4 fully saturated rings. The van der Waals surface area contributed by atoms with Crippen LogP contribution in [0.3, 0.4) is 0 Å². The molecular formula is C45H54O4. The number of esters is 1. The van der Waals surface area contributed by atoms with Gasteiger partial charge in [-0.25, -0.2) is 4.79 Å². The van der Waals surface area contributed by atoms with Crippen LogP contribution in [0, 0.1) is 52.3 Å². The average molecular weight is 659 g/mol. The lowest BCUT2D eigenvalue weighted by Crippen LogP contribution is -2.46. The number of hydrogen-bond donors (Lipinski definition) is 0. The molecule has 0 amide bonds. The summed E-state index contributed by atoms with van der Waals surface area (Å²) in [7, 11) is 0. The first kappa shape index (κ1) is 31.8. The number of hydrogen-bond acceptors (Lipinski definition) is 4. The molecule has 11 atom stereocenters. The number of carbonyl (C=O) groups is 2. The molecule has 2 aromatic rings. The molecule has 4 heteroatoms. The van der Waals surface area contributed by atoms with E-state index in [0.29, 0.717) is 46.9 Å². The van der Waals surface area contributed by atoms with E-state index in [0.717, 1.165) is 37.0 Å². The molecule has 0 N–H and O–H groups in total. The molecule has 258 valence electrons. The molecule has 0 bridgehead atoms. The predicted octanol–water partition coefficient (Wildman–Crippen LogP) is 10.4. The molecular weight excluding hydrogens is 604 g/mol. The van der Waals surface area contributed by atoms with Gasteiger partial charge in [0.15, 0.2) is 0 Å². The summed E-state index contributed by atoms with van der Waals surface area (Å²) < 4.78 is 12.9. The standard InChI is InChI=1S/C45H54O4/c1-27(46)39-17-18-40-37-13-9-29-25-31(11-15-33(29)35(37)21-23-44(39,40)2)48-42-20-19-41-38-14-10-30-26-32(49-43(47)28-7-5-4-6-8-28)12-16-34(30)36(38)22-24-45(41,42)3/h4-9,12,16,25-26,33,35-42H,10-11,13-15,17-24H2,1-3H3/t33-,35+,36+,37+,38+,39+,40-,41-,42-,44+,45-/m0/s1. The molecule has 4 saturated carbocycles. The van der Waals surface area contributed by atoms with Gasteiger partial charge in [0.2, 0.25) is 0 Å². The largest absolute Gasteiger partial charge is 0.494 e. The maximum absolute atomic E-state index is 12.7. The SMILES string of the molecule is CC(=O)[C@H]1CC[C@H]2[C@@H]3CC=C4C=C(O[C@H]5CC[C@H]6[C@@H]7CCc8cc(OC(=O)c9ccccc9)ccc8[C@H]7CC[C@]56C)CC[C@@H]4[C@H]3CC[C@]12C. The molecule has 0 spiro atoms. The molecule has 0 unspecified atom stereocenters. The fourth-order valence-electron chi connectivity index (χ4n) is 13.4. The van der Waals surface area contributed by atoms with Crippen LogP contribution in [0.15, 0.2) is 72.0 Å². The summed E-state index contributed by atoms with van der Waals surface area (Å²) in [6, 6.07) is 15.7. The third-order valence-corrected chi connectivity index (χ3v) is 15.7. The second-order valence-electron chi connectivity index (χ2n) is 17.7. The number of carbonyl (C=O) groups excluding carboxylic acids is 2. The summed E-state index contributed by atoms with van der Waals surface area (Å²) in [4.78, 5) is 25.2. The van der Waals surface area contributed by atoms with Gasteiger partial charge in [-0.15, -0.1) is 0 Å². The Morgan fingerprint density at radius 2 is 1.55 bits per heavy atom. The number of allylic oxidation sites excluding steroid dienone is 4. The Balaban J connectivity index is 0.869. The molecule has 2 aromatic carbocycles. The van der Waals surface area contributed by atoms with E-state index < -0.39 is 0 Å². The third kappa shape index (κ3) is 5.12. The monoisotopic (exact) mass is 658 g/mol. The highest BCUT2D eigenvalue weighted by atomic mass is 16.5. The normalized spacial score (nSPS) is 40.3. The van der Waals surface area contributed by atoms with Crippen molar-refractivity contribution in [3.05, 3.63) is 88.7 Å². The lowest BCUT2D eigenvalue weighted by molar-refractivity contribution is -0.126. The van der Waals surface area contributed by atoms with Crippen molar-refractivity contribution >= 4 is 11.8 Å². The number of Topliss-reactive ketones (excluding diaryl/α,β-unsaturated/α-hetero) is 1. The summed E-state index contributed by atoms with van der Waals surface area (Å²) in [5.74, 6) is 7.28. The van der Waals surface area contributed by atoms with Crippen LogP contribution in [0.5, 0.6) is 5.75 Å². The Bertz CT molecular complexity index is 1700. The van der Waals surface area contributed by atoms with Gasteiger partial charge in [0, 0.05) is 17.8 Å². The van der Waals surface area contributed by atoms with Crippen molar-refractivity contribution < 1.29 is 19.1 Å². The van der Waals surface area contributed by atoms with Crippen molar-refractivity contribution in [3.8, 4) is 5.75 Å². The number of ether oxygens (including phenoxy) is 2. The fourth-order valence-corrected chi connectivity index (χ4v) is 13.4. The fraction of sp³-hybridized carbons (Fsp3) is 0.600. The molecule has 0 aliphatic heterocycles. The molecule has 0 radical (unpaired) electrons. The van der Waals surface area contributed by atoms with E-state index in [2.05, 4.69) is 38.1 Å².